The SMILES string of the molecule is C[C@H](CCC([O])=O)[C@H]1CCC2C3C(C[C@H](O)[C@@]21C)[C@@]1(C)CC[C@@H](O)C[C@H]1C[C@H]3O. The van der Waals surface area contributed by atoms with Crippen molar-refractivity contribution in [1.82, 2.24) is 0 Å². The van der Waals surface area contributed by atoms with Crippen LogP contribution in [0.15, 0.2) is 0 Å². The Kier molecular flexibility index (Phi) is 5.57. The third-order valence-electron chi connectivity index (χ3n) is 10.3. The van der Waals surface area contributed by atoms with Crippen molar-refractivity contribution >= 4 is 5.97 Å². The minimum atomic E-state index is -0.998. The molecule has 4 aliphatic carbocycles. The van der Waals surface area contributed by atoms with Crippen LogP contribution in [0.5, 0.6) is 0 Å². The molecule has 11 atom stereocenters. The van der Waals surface area contributed by atoms with E-state index in [1.165, 1.54) is 0 Å². The van der Waals surface area contributed by atoms with E-state index in [9.17, 15) is 25.2 Å². The molecule has 0 aromatic rings. The quantitative estimate of drug-likeness (QED) is 0.666. The van der Waals surface area contributed by atoms with Gasteiger partial charge in [-0.25, -0.2) is 9.90 Å². The van der Waals surface area contributed by atoms with Crippen molar-refractivity contribution in [2.75, 3.05) is 0 Å². The highest BCUT2D eigenvalue weighted by Crippen LogP contribution is 2.68. The van der Waals surface area contributed by atoms with E-state index in [0.29, 0.717) is 18.3 Å². The molecule has 0 bridgehead atoms. The van der Waals surface area contributed by atoms with E-state index < -0.39 is 12.1 Å². The monoisotopic (exact) mass is 407 g/mol. The number of fused-ring (bicyclic) bond motifs is 5. The molecule has 1 radical (unpaired) electrons. The predicted octanol–water partition coefficient (Wildman–Crippen LogP) is 3.32. The van der Waals surface area contributed by atoms with Crippen LogP contribution in [0.2, 0.25) is 0 Å². The zero-order chi connectivity index (χ0) is 21.1. The summed E-state index contributed by atoms with van der Waals surface area (Å²) in [5, 5.41) is 43.9. The van der Waals surface area contributed by atoms with Crippen molar-refractivity contribution in [1.29, 1.82) is 0 Å². The average molecular weight is 408 g/mol. The molecule has 0 aromatic carbocycles. The van der Waals surface area contributed by atoms with Gasteiger partial charge in [0.1, 0.15) is 0 Å². The second kappa shape index (κ2) is 7.49. The van der Waals surface area contributed by atoms with E-state index in [4.69, 9.17) is 0 Å². The predicted molar refractivity (Wildman–Crippen MR) is 108 cm³/mol. The molecule has 4 fully saturated rings. The molecule has 4 rings (SSSR count). The van der Waals surface area contributed by atoms with Crippen LogP contribution in [0, 0.1) is 46.3 Å². The fourth-order valence-corrected chi connectivity index (χ4v) is 8.68. The van der Waals surface area contributed by atoms with Crippen molar-refractivity contribution in [3.63, 3.8) is 0 Å². The number of carbonyl (C=O) groups is 1. The summed E-state index contributed by atoms with van der Waals surface area (Å²) in [6.45, 7) is 6.67. The van der Waals surface area contributed by atoms with Crippen LogP contribution in [0.3, 0.4) is 0 Å². The van der Waals surface area contributed by atoms with Gasteiger partial charge in [0.05, 0.1) is 24.7 Å². The van der Waals surface area contributed by atoms with Crippen molar-refractivity contribution in [2.45, 2.75) is 96.9 Å². The Balaban J connectivity index is 1.61. The summed E-state index contributed by atoms with van der Waals surface area (Å²) >= 11 is 0. The molecular weight excluding hydrogens is 368 g/mol. The molecule has 3 N–H and O–H groups in total. The Hall–Kier alpha value is -0.650. The smallest absolute Gasteiger partial charge is 0.355 e. The second-order valence-corrected chi connectivity index (χ2v) is 11.4. The van der Waals surface area contributed by atoms with Gasteiger partial charge in [-0.05, 0) is 97.7 Å². The molecule has 0 amide bonds. The normalized spacial score (nSPS) is 52.9. The fourth-order valence-electron chi connectivity index (χ4n) is 8.68. The average Bonchev–Trinajstić information content (AvgIpc) is 3.01. The summed E-state index contributed by atoms with van der Waals surface area (Å²) in [5.41, 5.74) is -0.172. The van der Waals surface area contributed by atoms with Crippen LogP contribution in [0.25, 0.3) is 0 Å². The number of hydrogen-bond acceptors (Lipinski definition) is 4. The van der Waals surface area contributed by atoms with Crippen molar-refractivity contribution < 1.29 is 25.2 Å². The minimum Gasteiger partial charge on any atom is -0.393 e. The Morgan fingerprint density at radius 2 is 1.76 bits per heavy atom. The van der Waals surface area contributed by atoms with Crippen LogP contribution >= 0.6 is 0 Å². The third kappa shape index (κ3) is 3.27. The van der Waals surface area contributed by atoms with Gasteiger partial charge in [-0.15, -0.1) is 0 Å². The molecule has 165 valence electrons. The summed E-state index contributed by atoms with van der Waals surface area (Å²) in [6.07, 6.45) is 5.72. The Morgan fingerprint density at radius 1 is 1.03 bits per heavy atom. The summed E-state index contributed by atoms with van der Waals surface area (Å²) in [6, 6.07) is 0. The summed E-state index contributed by atoms with van der Waals surface area (Å²) in [5.74, 6) is 0.635. The van der Waals surface area contributed by atoms with Crippen LogP contribution in [0.4, 0.5) is 0 Å². The number of rotatable bonds is 4. The minimum absolute atomic E-state index is 0.0747. The highest BCUT2D eigenvalue weighted by Gasteiger charge is 2.65. The van der Waals surface area contributed by atoms with Gasteiger partial charge in [-0.2, -0.15) is 0 Å². The molecule has 0 aromatic heterocycles. The maximum Gasteiger partial charge on any atom is 0.355 e. The van der Waals surface area contributed by atoms with Gasteiger partial charge in [0, 0.05) is 0 Å². The first kappa shape index (κ1) is 21.6. The van der Waals surface area contributed by atoms with Gasteiger partial charge in [0.15, 0.2) is 0 Å². The lowest BCUT2D eigenvalue weighted by Crippen LogP contribution is -2.62. The lowest BCUT2D eigenvalue weighted by molar-refractivity contribution is -0.207. The van der Waals surface area contributed by atoms with E-state index in [1.54, 1.807) is 0 Å². The molecule has 0 saturated heterocycles. The molecule has 29 heavy (non-hydrogen) atoms. The van der Waals surface area contributed by atoms with Gasteiger partial charge in [0.25, 0.3) is 0 Å². The van der Waals surface area contributed by atoms with Gasteiger partial charge >= 0.3 is 5.97 Å². The maximum absolute atomic E-state index is 11.5. The van der Waals surface area contributed by atoms with Crippen LogP contribution in [-0.4, -0.2) is 39.6 Å². The second-order valence-electron chi connectivity index (χ2n) is 11.4. The Morgan fingerprint density at radius 3 is 2.45 bits per heavy atom. The molecule has 5 nitrogen and oxygen atoms in total. The topological polar surface area (TPSA) is 97.7 Å². The van der Waals surface area contributed by atoms with Crippen molar-refractivity contribution in [3.8, 4) is 0 Å². The highest BCUT2D eigenvalue weighted by molar-refractivity contribution is 5.66. The van der Waals surface area contributed by atoms with E-state index in [0.717, 1.165) is 44.9 Å². The van der Waals surface area contributed by atoms with Gasteiger partial charge in [-0.1, -0.05) is 20.8 Å². The van der Waals surface area contributed by atoms with E-state index in [-0.39, 0.29) is 53.1 Å². The molecule has 3 unspecified atom stereocenters. The number of hydrogen-bond donors (Lipinski definition) is 3. The molecular formula is C24H39O5. The lowest BCUT2D eigenvalue weighted by atomic mass is 9.43. The highest BCUT2D eigenvalue weighted by atomic mass is 16.4. The van der Waals surface area contributed by atoms with E-state index in [1.807, 2.05) is 0 Å². The van der Waals surface area contributed by atoms with Gasteiger partial charge < -0.3 is 15.3 Å². The first-order valence-corrected chi connectivity index (χ1v) is 11.8. The van der Waals surface area contributed by atoms with Crippen molar-refractivity contribution in [2.24, 2.45) is 46.3 Å². The van der Waals surface area contributed by atoms with Crippen LogP contribution < -0.4 is 0 Å². The van der Waals surface area contributed by atoms with Crippen molar-refractivity contribution in [3.05, 3.63) is 0 Å². The van der Waals surface area contributed by atoms with Gasteiger partial charge in [-0.3, -0.25) is 0 Å². The molecule has 5 heteroatoms. The molecule has 4 aliphatic rings. The first-order valence-electron chi connectivity index (χ1n) is 11.8. The first-order chi connectivity index (χ1) is 13.6. The maximum atomic E-state index is 11.5. The summed E-state index contributed by atoms with van der Waals surface area (Å²) < 4.78 is 0. The zero-order valence-electron chi connectivity index (χ0n) is 18.2. The number of aliphatic hydroxyl groups is 3. The van der Waals surface area contributed by atoms with Crippen LogP contribution in [-0.2, 0) is 9.90 Å². The van der Waals surface area contributed by atoms with E-state index >= 15 is 0 Å². The van der Waals surface area contributed by atoms with E-state index in [2.05, 4.69) is 20.8 Å². The van der Waals surface area contributed by atoms with Gasteiger partial charge in [0.2, 0.25) is 0 Å². The molecule has 0 aliphatic heterocycles. The lowest BCUT2D eigenvalue weighted by Gasteiger charge is -2.63. The molecule has 0 heterocycles. The molecule has 0 spiro atoms. The Labute approximate surface area is 174 Å². The standard InChI is InChI=1S/C24H39O5/c1-13(4-7-21(28)29)16-5-6-17-22-18(12-20(27)24(16,17)3)23(2)9-8-15(25)10-14(23)11-19(22)26/h13-20,22,25-27H,4-12H2,1-3H3/t13-,14+,15-,16-,17?,18?,19-,20+,22?,23+,24-/m1/s1. The fraction of sp³-hybridized carbons (Fsp3) is 0.958. The number of aliphatic hydroxyl groups excluding tert-OH is 3. The Bertz CT molecular complexity index is 637. The zero-order valence-corrected chi connectivity index (χ0v) is 18.2. The molecule has 4 saturated carbocycles. The summed E-state index contributed by atoms with van der Waals surface area (Å²) in [7, 11) is 0. The number of carbonyl (C=O) groups excluding carboxylic acids is 1. The largest absolute Gasteiger partial charge is 0.393 e. The summed E-state index contributed by atoms with van der Waals surface area (Å²) in [4.78, 5) is 11.0. The third-order valence-corrected chi connectivity index (χ3v) is 10.3. The van der Waals surface area contributed by atoms with Crippen LogP contribution in [0.1, 0.15) is 78.6 Å².